The van der Waals surface area contributed by atoms with E-state index in [0.29, 0.717) is 0 Å². The van der Waals surface area contributed by atoms with Crippen molar-refractivity contribution < 1.29 is 14.4 Å². The molecule has 0 radical (unpaired) electrons. The third kappa shape index (κ3) is 3.39. The van der Waals surface area contributed by atoms with Crippen molar-refractivity contribution in [3.63, 3.8) is 0 Å². The lowest BCUT2D eigenvalue weighted by Crippen LogP contribution is -2.33. The quantitative estimate of drug-likeness (QED) is 0.663. The number of nitrogens with zero attached hydrogens (tertiary/aromatic N) is 1. The van der Waals surface area contributed by atoms with E-state index in [2.05, 4.69) is 12.2 Å². The maximum Gasteiger partial charge on any atom is 0.311 e. The number of nitro groups is 1. The van der Waals surface area contributed by atoms with Crippen molar-refractivity contribution in [3.8, 4) is 5.75 Å². The predicted molar refractivity (Wildman–Crippen MR) is 76.3 cm³/mol. The average Bonchev–Trinajstić information content (AvgIpc) is 2.45. The highest BCUT2D eigenvalue weighted by molar-refractivity contribution is 5.58. The van der Waals surface area contributed by atoms with E-state index >= 15 is 0 Å². The van der Waals surface area contributed by atoms with Gasteiger partial charge in [0, 0.05) is 37.6 Å². The Bertz CT molecular complexity index is 484. The molecule has 1 saturated heterocycles. The average molecular weight is 280 g/mol. The monoisotopic (exact) mass is 280 g/mol. The van der Waals surface area contributed by atoms with Gasteiger partial charge < -0.3 is 14.8 Å². The second kappa shape index (κ2) is 6.09. The van der Waals surface area contributed by atoms with E-state index in [0.717, 1.165) is 38.3 Å². The third-order valence-electron chi connectivity index (χ3n) is 3.80. The second-order valence-electron chi connectivity index (χ2n) is 5.42. The van der Waals surface area contributed by atoms with Crippen LogP contribution in [-0.2, 0) is 4.74 Å². The molecule has 1 aromatic carbocycles. The van der Waals surface area contributed by atoms with Crippen LogP contribution in [0.1, 0.15) is 19.8 Å². The Kier molecular flexibility index (Phi) is 4.44. The van der Waals surface area contributed by atoms with Gasteiger partial charge in [-0.1, -0.05) is 6.92 Å². The van der Waals surface area contributed by atoms with Crippen molar-refractivity contribution in [2.24, 2.45) is 5.41 Å². The highest BCUT2D eigenvalue weighted by atomic mass is 16.6. The maximum absolute atomic E-state index is 10.8. The molecule has 6 heteroatoms. The van der Waals surface area contributed by atoms with Gasteiger partial charge in [0.25, 0.3) is 0 Å². The molecule has 0 atom stereocenters. The summed E-state index contributed by atoms with van der Waals surface area (Å²) in [5.41, 5.74) is 1.02. The molecule has 6 nitrogen and oxygen atoms in total. The van der Waals surface area contributed by atoms with Crippen LogP contribution in [0.5, 0.6) is 5.75 Å². The zero-order valence-corrected chi connectivity index (χ0v) is 11.8. The summed E-state index contributed by atoms with van der Waals surface area (Å²) >= 11 is 0. The molecule has 1 aliphatic heterocycles. The number of hydrogen-bond donors (Lipinski definition) is 1. The number of hydrogen-bond acceptors (Lipinski definition) is 5. The molecule has 20 heavy (non-hydrogen) atoms. The highest BCUT2D eigenvalue weighted by Gasteiger charge is 2.27. The van der Waals surface area contributed by atoms with Crippen LogP contribution in [-0.4, -0.2) is 31.8 Å². The van der Waals surface area contributed by atoms with Crippen LogP contribution in [0.2, 0.25) is 0 Å². The molecule has 0 bridgehead atoms. The summed E-state index contributed by atoms with van der Waals surface area (Å²) in [6, 6.07) is 4.84. The van der Waals surface area contributed by atoms with E-state index in [4.69, 9.17) is 9.47 Å². The zero-order chi connectivity index (χ0) is 14.6. The van der Waals surface area contributed by atoms with Crippen LogP contribution in [0, 0.1) is 15.5 Å². The molecule has 0 spiro atoms. The van der Waals surface area contributed by atoms with Gasteiger partial charge in [-0.25, -0.2) is 0 Å². The van der Waals surface area contributed by atoms with Crippen molar-refractivity contribution in [2.75, 3.05) is 32.2 Å². The van der Waals surface area contributed by atoms with Crippen molar-refractivity contribution >= 4 is 11.4 Å². The van der Waals surface area contributed by atoms with E-state index in [-0.39, 0.29) is 16.9 Å². The van der Waals surface area contributed by atoms with Gasteiger partial charge in [0.2, 0.25) is 0 Å². The van der Waals surface area contributed by atoms with Gasteiger partial charge in [0.05, 0.1) is 12.0 Å². The van der Waals surface area contributed by atoms with E-state index in [1.807, 2.05) is 0 Å². The highest BCUT2D eigenvalue weighted by Crippen LogP contribution is 2.32. The van der Waals surface area contributed by atoms with E-state index < -0.39 is 4.92 Å². The number of rotatable bonds is 5. The van der Waals surface area contributed by atoms with Gasteiger partial charge in [0.1, 0.15) is 0 Å². The number of anilines is 1. The van der Waals surface area contributed by atoms with Crippen LogP contribution in [0.4, 0.5) is 11.4 Å². The Morgan fingerprint density at radius 2 is 2.15 bits per heavy atom. The van der Waals surface area contributed by atoms with Crippen molar-refractivity contribution in [3.05, 3.63) is 28.3 Å². The Morgan fingerprint density at radius 1 is 1.45 bits per heavy atom. The van der Waals surface area contributed by atoms with Crippen LogP contribution < -0.4 is 10.1 Å². The standard InChI is InChI=1S/C14H20N2O4/c1-14(5-7-20-8-6-14)10-15-11-3-4-12(16(17)18)13(9-11)19-2/h3-4,9,15H,5-8,10H2,1-2H3. The normalized spacial score (nSPS) is 17.5. The summed E-state index contributed by atoms with van der Waals surface area (Å²) in [7, 11) is 1.44. The first-order valence-corrected chi connectivity index (χ1v) is 6.68. The fraction of sp³-hybridized carbons (Fsp3) is 0.571. The van der Waals surface area contributed by atoms with Gasteiger partial charge in [-0.15, -0.1) is 0 Å². The number of nitro benzene ring substituents is 1. The molecule has 1 aliphatic rings. The first kappa shape index (κ1) is 14.6. The minimum atomic E-state index is -0.442. The molecule has 1 heterocycles. The van der Waals surface area contributed by atoms with E-state index in [9.17, 15) is 10.1 Å². The minimum Gasteiger partial charge on any atom is -0.490 e. The Hall–Kier alpha value is -1.82. The fourth-order valence-corrected chi connectivity index (χ4v) is 2.29. The molecule has 0 saturated carbocycles. The summed E-state index contributed by atoms with van der Waals surface area (Å²) in [5.74, 6) is 0.275. The molecular formula is C14H20N2O4. The van der Waals surface area contributed by atoms with Gasteiger partial charge in [0.15, 0.2) is 5.75 Å². The van der Waals surface area contributed by atoms with Gasteiger partial charge in [-0.3, -0.25) is 10.1 Å². The SMILES string of the molecule is COc1cc(NCC2(C)CCOCC2)ccc1[N+](=O)[O-]. The van der Waals surface area contributed by atoms with E-state index in [1.165, 1.54) is 13.2 Å². The van der Waals surface area contributed by atoms with Crippen LogP contribution in [0.25, 0.3) is 0 Å². The minimum absolute atomic E-state index is 0.0182. The molecule has 0 amide bonds. The lowest BCUT2D eigenvalue weighted by atomic mass is 9.82. The molecule has 1 fully saturated rings. The lowest BCUT2D eigenvalue weighted by Gasteiger charge is -2.33. The molecule has 0 aliphatic carbocycles. The van der Waals surface area contributed by atoms with Gasteiger partial charge in [-0.2, -0.15) is 0 Å². The zero-order valence-electron chi connectivity index (χ0n) is 11.8. The predicted octanol–water partition coefficient (Wildman–Crippen LogP) is 2.83. The Morgan fingerprint density at radius 3 is 2.75 bits per heavy atom. The smallest absolute Gasteiger partial charge is 0.311 e. The molecular weight excluding hydrogens is 260 g/mol. The molecule has 0 unspecified atom stereocenters. The lowest BCUT2D eigenvalue weighted by molar-refractivity contribution is -0.385. The Balaban J connectivity index is 2.04. The van der Waals surface area contributed by atoms with Crippen LogP contribution in [0.15, 0.2) is 18.2 Å². The van der Waals surface area contributed by atoms with Crippen LogP contribution >= 0.6 is 0 Å². The summed E-state index contributed by atoms with van der Waals surface area (Å²) in [6.45, 7) is 4.63. The number of nitrogens with one attached hydrogen (secondary N) is 1. The number of ether oxygens (including phenoxy) is 2. The summed E-state index contributed by atoms with van der Waals surface area (Å²) < 4.78 is 10.4. The number of methoxy groups -OCH3 is 1. The molecule has 2 rings (SSSR count). The maximum atomic E-state index is 10.8. The Labute approximate surface area is 118 Å². The van der Waals surface area contributed by atoms with Gasteiger partial charge >= 0.3 is 5.69 Å². The van der Waals surface area contributed by atoms with E-state index in [1.54, 1.807) is 12.1 Å². The third-order valence-corrected chi connectivity index (χ3v) is 3.80. The van der Waals surface area contributed by atoms with Gasteiger partial charge in [-0.05, 0) is 24.3 Å². The molecule has 1 N–H and O–H groups in total. The number of benzene rings is 1. The summed E-state index contributed by atoms with van der Waals surface area (Å²) in [5, 5.41) is 14.2. The first-order chi connectivity index (χ1) is 9.54. The molecule has 0 aromatic heterocycles. The van der Waals surface area contributed by atoms with Crippen molar-refractivity contribution in [1.82, 2.24) is 0 Å². The largest absolute Gasteiger partial charge is 0.490 e. The van der Waals surface area contributed by atoms with Crippen molar-refractivity contribution in [1.29, 1.82) is 0 Å². The summed E-state index contributed by atoms with van der Waals surface area (Å²) in [4.78, 5) is 10.4. The van der Waals surface area contributed by atoms with Crippen molar-refractivity contribution in [2.45, 2.75) is 19.8 Å². The molecule has 1 aromatic rings. The topological polar surface area (TPSA) is 73.6 Å². The second-order valence-corrected chi connectivity index (χ2v) is 5.42. The summed E-state index contributed by atoms with van der Waals surface area (Å²) in [6.07, 6.45) is 2.04. The first-order valence-electron chi connectivity index (χ1n) is 6.68. The fourth-order valence-electron chi connectivity index (χ4n) is 2.29. The van der Waals surface area contributed by atoms with Crippen LogP contribution in [0.3, 0.4) is 0 Å². The molecule has 110 valence electrons.